The molecule has 446 valence electrons. The summed E-state index contributed by atoms with van der Waals surface area (Å²) in [5, 5.41) is 19.5. The number of benzene rings is 14. The molecule has 14 aromatic carbocycles. The third-order valence-electron chi connectivity index (χ3n) is 19.4. The summed E-state index contributed by atoms with van der Waals surface area (Å²) in [7, 11) is 0. The fraction of sp³-hybridized carbons (Fsp3) is 0. The molecule has 0 aliphatic rings. The normalized spacial score (nSPS) is 11.7. The summed E-state index contributed by atoms with van der Waals surface area (Å²) in [6.07, 6.45) is 0. The Morgan fingerprint density at radius 1 is 0.208 bits per heavy atom. The highest BCUT2D eigenvalue weighted by molar-refractivity contribution is 6.15. The van der Waals surface area contributed by atoms with E-state index in [0.29, 0.717) is 11.4 Å². The van der Waals surface area contributed by atoms with Crippen LogP contribution < -0.4 is 0 Å². The van der Waals surface area contributed by atoms with Crippen molar-refractivity contribution in [3.63, 3.8) is 0 Å². The fourth-order valence-electron chi connectivity index (χ4n) is 14.9. The molecular formula is C89H55N7. The molecular weight excluding hydrogens is 1170 g/mol. The van der Waals surface area contributed by atoms with Crippen LogP contribution in [-0.4, -0.2) is 28.2 Å². The average Bonchev–Trinajstić information content (AvgIpc) is 1.65. The molecule has 19 rings (SSSR count). The van der Waals surface area contributed by atoms with Crippen LogP contribution in [-0.2, 0) is 0 Å². The lowest BCUT2D eigenvalue weighted by Gasteiger charge is -2.12. The second-order valence-electron chi connectivity index (χ2n) is 24.8. The molecule has 5 aromatic heterocycles. The maximum Gasteiger partial charge on any atom is 0.160 e. The number of hydrogen-bond donors (Lipinski definition) is 0. The molecule has 96 heavy (non-hydrogen) atoms. The van der Waals surface area contributed by atoms with Crippen molar-refractivity contribution in [1.29, 1.82) is 5.26 Å². The summed E-state index contributed by atoms with van der Waals surface area (Å²) in [5.74, 6) is 0.585. The number of rotatable bonds is 10. The van der Waals surface area contributed by atoms with Gasteiger partial charge in [0.2, 0.25) is 0 Å². The number of nitrogens with zero attached hydrogens (tertiary/aromatic N) is 7. The Morgan fingerprint density at radius 3 is 0.812 bits per heavy atom. The molecule has 0 fully saturated rings. The summed E-state index contributed by atoms with van der Waals surface area (Å²) in [6, 6.07) is 122. The van der Waals surface area contributed by atoms with Gasteiger partial charge in [-0.25, -0.2) is 9.97 Å². The van der Waals surface area contributed by atoms with Gasteiger partial charge in [-0.2, -0.15) is 5.26 Å². The molecule has 0 saturated carbocycles. The smallest absolute Gasteiger partial charge is 0.160 e. The van der Waals surface area contributed by atoms with E-state index < -0.39 is 0 Å². The lowest BCUT2D eigenvalue weighted by Crippen LogP contribution is -1.97. The first-order valence-electron chi connectivity index (χ1n) is 32.5. The molecule has 7 nitrogen and oxygen atoms in total. The molecule has 7 heteroatoms. The van der Waals surface area contributed by atoms with Gasteiger partial charge in [0, 0.05) is 82.5 Å². The number of para-hydroxylation sites is 6. The molecule has 19 aromatic rings. The Balaban J connectivity index is 0.628. The van der Waals surface area contributed by atoms with Crippen LogP contribution in [0.3, 0.4) is 0 Å². The van der Waals surface area contributed by atoms with E-state index >= 15 is 0 Å². The minimum atomic E-state index is 0.583. The fourth-order valence-corrected chi connectivity index (χ4v) is 14.9. The molecule has 0 saturated heterocycles. The van der Waals surface area contributed by atoms with E-state index in [9.17, 15) is 5.26 Å². The van der Waals surface area contributed by atoms with E-state index in [2.05, 4.69) is 334 Å². The monoisotopic (exact) mass is 1220 g/mol. The molecule has 0 radical (unpaired) electrons. The van der Waals surface area contributed by atoms with Crippen LogP contribution in [0.2, 0.25) is 0 Å². The van der Waals surface area contributed by atoms with Crippen LogP contribution in [0.4, 0.5) is 0 Å². The zero-order valence-electron chi connectivity index (χ0n) is 51.9. The van der Waals surface area contributed by atoms with Crippen LogP contribution in [0.25, 0.3) is 177 Å². The number of nitriles is 1. The van der Waals surface area contributed by atoms with E-state index in [1.54, 1.807) is 0 Å². The van der Waals surface area contributed by atoms with Crippen molar-refractivity contribution in [2.45, 2.75) is 0 Å². The van der Waals surface area contributed by atoms with Crippen LogP contribution in [0.15, 0.2) is 334 Å². The topological polar surface area (TPSA) is 69.3 Å². The first kappa shape index (κ1) is 54.6. The van der Waals surface area contributed by atoms with Gasteiger partial charge in [0.05, 0.1) is 67.2 Å². The van der Waals surface area contributed by atoms with Crippen molar-refractivity contribution >= 4 is 87.2 Å². The van der Waals surface area contributed by atoms with Gasteiger partial charge < -0.3 is 18.3 Å². The summed E-state index contributed by atoms with van der Waals surface area (Å²) in [4.78, 5) is 10.4. The van der Waals surface area contributed by atoms with Crippen LogP contribution in [0.5, 0.6) is 0 Å². The third kappa shape index (κ3) is 8.89. The van der Waals surface area contributed by atoms with Gasteiger partial charge in [0.15, 0.2) is 5.82 Å². The van der Waals surface area contributed by atoms with Crippen molar-refractivity contribution < 1.29 is 0 Å². The second kappa shape index (κ2) is 22.0. The minimum absolute atomic E-state index is 0.583. The average molecular weight is 1220 g/mol. The Morgan fingerprint density at radius 2 is 0.469 bits per heavy atom. The summed E-state index contributed by atoms with van der Waals surface area (Å²) in [6.45, 7) is 0. The van der Waals surface area contributed by atoms with Crippen LogP contribution >= 0.6 is 0 Å². The van der Waals surface area contributed by atoms with Gasteiger partial charge in [-0.15, -0.1) is 0 Å². The Bertz CT molecular complexity index is 6340. The number of fused-ring (bicyclic) bond motifs is 12. The van der Waals surface area contributed by atoms with Gasteiger partial charge in [-0.1, -0.05) is 182 Å². The molecule has 0 aliphatic carbocycles. The third-order valence-corrected chi connectivity index (χ3v) is 19.4. The van der Waals surface area contributed by atoms with E-state index in [0.717, 1.165) is 84.0 Å². The van der Waals surface area contributed by atoms with E-state index in [1.165, 1.54) is 87.4 Å². The first-order chi connectivity index (χ1) is 47.5. The zero-order valence-corrected chi connectivity index (χ0v) is 51.9. The highest BCUT2D eigenvalue weighted by atomic mass is 15.0. The minimum Gasteiger partial charge on any atom is -0.309 e. The van der Waals surface area contributed by atoms with E-state index in [4.69, 9.17) is 9.97 Å². The SMILES string of the molecule is N#Cc1ccc(-c2nc(-c3ccc(-c4ccc(-n5c6ccccc6c6cc(-c7ccc8c(c7)c7ccccc7n8-c7ccccc7)ccc65)cc4)cc3)cc(-c3ccc(-n4c5ccccc5c5cc(-c6ccc7c(c6)c6ccccc6n7-c6ccccc6)ccc54)cc3)n2)cc1. The lowest BCUT2D eigenvalue weighted by atomic mass is 10.0. The number of hydrogen-bond acceptors (Lipinski definition) is 3. The molecule has 5 heterocycles. The van der Waals surface area contributed by atoms with Gasteiger partial charge in [-0.3, -0.25) is 0 Å². The predicted molar refractivity (Wildman–Crippen MR) is 397 cm³/mol. The highest BCUT2D eigenvalue weighted by Gasteiger charge is 2.20. The lowest BCUT2D eigenvalue weighted by molar-refractivity contribution is 1.17. The van der Waals surface area contributed by atoms with E-state index in [-0.39, 0.29) is 0 Å². The molecule has 0 N–H and O–H groups in total. The van der Waals surface area contributed by atoms with Crippen molar-refractivity contribution in [2.24, 2.45) is 0 Å². The Hall–Kier alpha value is -13.2. The van der Waals surface area contributed by atoms with Gasteiger partial charge in [0.1, 0.15) is 0 Å². The summed E-state index contributed by atoms with van der Waals surface area (Å²) in [5.41, 5.74) is 25.7. The zero-order chi connectivity index (χ0) is 63.4. The largest absolute Gasteiger partial charge is 0.309 e. The first-order valence-corrected chi connectivity index (χ1v) is 32.5. The summed E-state index contributed by atoms with van der Waals surface area (Å²) < 4.78 is 9.49. The van der Waals surface area contributed by atoms with Gasteiger partial charge in [-0.05, 0) is 185 Å². The number of aromatic nitrogens is 6. The van der Waals surface area contributed by atoms with Crippen molar-refractivity contribution in [2.75, 3.05) is 0 Å². The van der Waals surface area contributed by atoms with Gasteiger partial charge in [0.25, 0.3) is 0 Å². The molecule has 0 unspecified atom stereocenters. The Kier molecular flexibility index (Phi) is 12.5. The quantitative estimate of drug-likeness (QED) is 0.137. The molecule has 0 spiro atoms. The van der Waals surface area contributed by atoms with Crippen LogP contribution in [0, 0.1) is 11.3 Å². The second-order valence-corrected chi connectivity index (χ2v) is 24.8. The van der Waals surface area contributed by atoms with E-state index in [1.807, 2.05) is 24.3 Å². The predicted octanol–water partition coefficient (Wildman–Crippen LogP) is 22.7. The molecule has 0 amide bonds. The van der Waals surface area contributed by atoms with Crippen molar-refractivity contribution in [3.05, 3.63) is 339 Å². The van der Waals surface area contributed by atoms with Gasteiger partial charge >= 0.3 is 0 Å². The van der Waals surface area contributed by atoms with Crippen molar-refractivity contribution in [3.8, 4) is 96.1 Å². The highest BCUT2D eigenvalue weighted by Crippen LogP contribution is 2.42. The maximum absolute atomic E-state index is 9.71. The van der Waals surface area contributed by atoms with Crippen molar-refractivity contribution in [1.82, 2.24) is 28.2 Å². The van der Waals surface area contributed by atoms with Crippen LogP contribution in [0.1, 0.15) is 5.56 Å². The summed E-state index contributed by atoms with van der Waals surface area (Å²) >= 11 is 0. The maximum atomic E-state index is 9.71. The Labute approximate surface area is 552 Å². The molecule has 0 bridgehead atoms. The molecule has 0 atom stereocenters. The standard InChI is InChI=1S/C89H55N7/c90-56-57-27-29-62(30-28-57)89-91-79(55-80(92-89)61-37-45-70(46-38-61)96-84-26-14-10-22-74(84)78-54-66(42-50-88(78)96)64-40-48-86-76(52-64)72-20-8-12-24-82(72)94(86)68-17-5-2-6-18-68)60-33-31-58(32-34-60)59-35-43-69(44-36-59)95-83-25-13-9-21-73(83)77-53-65(41-49-87(77)95)63-39-47-85-75(51-63)71-19-7-11-23-81(71)93(85)67-15-3-1-4-16-67/h1-55H. The molecule has 0 aliphatic heterocycles.